The van der Waals surface area contributed by atoms with Crippen LogP contribution in [0.2, 0.25) is 0 Å². The van der Waals surface area contributed by atoms with E-state index in [-0.39, 0.29) is 26.3 Å². The monoisotopic (exact) mass is 190 g/mol. The van der Waals surface area contributed by atoms with Gasteiger partial charge in [-0.05, 0) is 6.42 Å². The Balaban J connectivity index is 3.33. The standard InChI is InChI=1S/C7H14N2O4/c8-4-12-6(10)2-1-3-7(11)13-5-9/h1-5,8-9H2. The molecule has 0 amide bonds. The Morgan fingerprint density at radius 2 is 1.31 bits per heavy atom. The number of hydrogen-bond donors (Lipinski definition) is 2. The highest BCUT2D eigenvalue weighted by atomic mass is 16.5. The van der Waals surface area contributed by atoms with Crippen LogP contribution in [0.15, 0.2) is 0 Å². The van der Waals surface area contributed by atoms with Crippen molar-refractivity contribution in [3.05, 3.63) is 0 Å². The fraction of sp³-hybridized carbons (Fsp3) is 0.714. The van der Waals surface area contributed by atoms with Gasteiger partial charge in [-0.2, -0.15) is 0 Å². The minimum atomic E-state index is -0.414. The van der Waals surface area contributed by atoms with Crippen LogP contribution in [0, 0.1) is 0 Å². The fourth-order valence-electron chi connectivity index (χ4n) is 0.707. The van der Waals surface area contributed by atoms with Crippen molar-refractivity contribution in [2.45, 2.75) is 19.3 Å². The van der Waals surface area contributed by atoms with Crippen molar-refractivity contribution in [2.75, 3.05) is 13.5 Å². The van der Waals surface area contributed by atoms with Crippen LogP contribution < -0.4 is 11.5 Å². The van der Waals surface area contributed by atoms with Crippen molar-refractivity contribution >= 4 is 11.9 Å². The van der Waals surface area contributed by atoms with Gasteiger partial charge in [-0.3, -0.25) is 21.1 Å². The van der Waals surface area contributed by atoms with Gasteiger partial charge >= 0.3 is 11.9 Å². The molecule has 0 aliphatic rings. The molecule has 76 valence electrons. The summed E-state index contributed by atoms with van der Waals surface area (Å²) in [5.74, 6) is -0.828. The lowest BCUT2D eigenvalue weighted by Gasteiger charge is -2.01. The molecule has 0 heterocycles. The number of nitrogens with two attached hydrogens (primary N) is 2. The summed E-state index contributed by atoms with van der Waals surface area (Å²) in [6, 6.07) is 0. The Hall–Kier alpha value is -1.14. The zero-order valence-electron chi connectivity index (χ0n) is 7.32. The Labute approximate surface area is 76.2 Å². The van der Waals surface area contributed by atoms with E-state index in [0.29, 0.717) is 6.42 Å². The smallest absolute Gasteiger partial charge is 0.307 e. The molecule has 0 saturated heterocycles. The maximum Gasteiger partial charge on any atom is 0.307 e. The van der Waals surface area contributed by atoms with E-state index < -0.39 is 11.9 Å². The number of hydrogen-bond acceptors (Lipinski definition) is 6. The second-order valence-electron chi connectivity index (χ2n) is 2.22. The first kappa shape index (κ1) is 11.9. The molecule has 0 unspecified atom stereocenters. The molecule has 0 aromatic rings. The minimum absolute atomic E-state index is 0.133. The summed E-state index contributed by atoms with van der Waals surface area (Å²) < 4.78 is 8.89. The predicted octanol–water partition coefficient (Wildman–Crippen LogP) is -0.924. The molecule has 6 heteroatoms. The van der Waals surface area contributed by atoms with Crippen molar-refractivity contribution < 1.29 is 19.1 Å². The van der Waals surface area contributed by atoms with Gasteiger partial charge in [-0.25, -0.2) is 0 Å². The zero-order chi connectivity index (χ0) is 10.1. The quantitative estimate of drug-likeness (QED) is 0.414. The van der Waals surface area contributed by atoms with E-state index in [4.69, 9.17) is 11.5 Å². The van der Waals surface area contributed by atoms with Crippen molar-refractivity contribution in [3.8, 4) is 0 Å². The number of rotatable bonds is 6. The third-order valence-corrected chi connectivity index (χ3v) is 1.25. The molecule has 0 aromatic carbocycles. The summed E-state index contributed by atoms with van der Waals surface area (Å²) in [5, 5.41) is 0. The molecular weight excluding hydrogens is 176 g/mol. The molecule has 0 rings (SSSR count). The average molecular weight is 190 g/mol. The van der Waals surface area contributed by atoms with E-state index in [2.05, 4.69) is 9.47 Å². The number of esters is 2. The molecule has 13 heavy (non-hydrogen) atoms. The zero-order valence-corrected chi connectivity index (χ0v) is 7.32. The molecule has 0 aromatic heterocycles. The summed E-state index contributed by atoms with van der Waals surface area (Å²) in [7, 11) is 0. The van der Waals surface area contributed by atoms with Crippen LogP contribution in [-0.2, 0) is 19.1 Å². The first-order valence-corrected chi connectivity index (χ1v) is 3.92. The van der Waals surface area contributed by atoms with Gasteiger partial charge in [0.05, 0.1) is 0 Å². The Morgan fingerprint density at radius 3 is 1.62 bits per heavy atom. The molecule has 0 saturated carbocycles. The van der Waals surface area contributed by atoms with Crippen molar-refractivity contribution in [3.63, 3.8) is 0 Å². The Bertz CT molecular complexity index is 154. The van der Waals surface area contributed by atoms with Crippen molar-refractivity contribution in [2.24, 2.45) is 11.5 Å². The van der Waals surface area contributed by atoms with Crippen molar-refractivity contribution in [1.82, 2.24) is 0 Å². The lowest BCUT2D eigenvalue weighted by molar-refractivity contribution is -0.145. The molecule has 0 aliphatic carbocycles. The third kappa shape index (κ3) is 7.23. The van der Waals surface area contributed by atoms with Gasteiger partial charge in [0.1, 0.15) is 13.5 Å². The summed E-state index contributed by atoms with van der Waals surface area (Å²) in [5.41, 5.74) is 9.91. The highest BCUT2D eigenvalue weighted by Crippen LogP contribution is 1.98. The molecule has 0 aliphatic heterocycles. The Morgan fingerprint density at radius 1 is 0.923 bits per heavy atom. The van der Waals surface area contributed by atoms with E-state index in [0.717, 1.165) is 0 Å². The van der Waals surface area contributed by atoms with Gasteiger partial charge in [-0.15, -0.1) is 0 Å². The predicted molar refractivity (Wildman–Crippen MR) is 44.1 cm³/mol. The first-order chi connectivity index (χ1) is 6.20. The molecule has 0 atom stereocenters. The normalized spacial score (nSPS) is 9.38. The van der Waals surface area contributed by atoms with Gasteiger partial charge < -0.3 is 9.47 Å². The molecule has 0 radical (unpaired) electrons. The molecule has 0 fully saturated rings. The van der Waals surface area contributed by atoms with E-state index >= 15 is 0 Å². The molecule has 4 N–H and O–H groups in total. The lowest BCUT2D eigenvalue weighted by atomic mass is 10.2. The molecular formula is C7H14N2O4. The van der Waals surface area contributed by atoms with Gasteiger partial charge in [0, 0.05) is 12.8 Å². The summed E-state index contributed by atoms with van der Waals surface area (Å²) in [6.07, 6.45) is 0.714. The Kier molecular flexibility index (Phi) is 6.85. The van der Waals surface area contributed by atoms with Gasteiger partial charge in [0.25, 0.3) is 0 Å². The van der Waals surface area contributed by atoms with Crippen LogP contribution >= 0.6 is 0 Å². The van der Waals surface area contributed by atoms with E-state index in [1.54, 1.807) is 0 Å². The molecule has 6 nitrogen and oxygen atoms in total. The number of carbonyl (C=O) groups excluding carboxylic acids is 2. The summed E-state index contributed by atoms with van der Waals surface area (Å²) in [4.78, 5) is 21.4. The van der Waals surface area contributed by atoms with Crippen molar-refractivity contribution in [1.29, 1.82) is 0 Å². The van der Waals surface area contributed by atoms with E-state index in [9.17, 15) is 9.59 Å². The largest absolute Gasteiger partial charge is 0.450 e. The van der Waals surface area contributed by atoms with Gasteiger partial charge in [-0.1, -0.05) is 0 Å². The maximum absolute atomic E-state index is 10.7. The molecule has 0 bridgehead atoms. The van der Waals surface area contributed by atoms with Gasteiger partial charge in [0.2, 0.25) is 0 Å². The number of ether oxygens (including phenoxy) is 2. The third-order valence-electron chi connectivity index (χ3n) is 1.25. The van der Waals surface area contributed by atoms with Crippen LogP contribution in [0.4, 0.5) is 0 Å². The van der Waals surface area contributed by atoms with Crippen LogP contribution in [-0.4, -0.2) is 25.4 Å². The average Bonchev–Trinajstić information content (AvgIpc) is 2.05. The second-order valence-corrected chi connectivity index (χ2v) is 2.22. The van der Waals surface area contributed by atoms with Crippen LogP contribution in [0.1, 0.15) is 19.3 Å². The van der Waals surface area contributed by atoms with Crippen LogP contribution in [0.3, 0.4) is 0 Å². The van der Waals surface area contributed by atoms with E-state index in [1.165, 1.54) is 0 Å². The summed E-state index contributed by atoms with van der Waals surface area (Å²) in [6.45, 7) is -0.266. The van der Waals surface area contributed by atoms with E-state index in [1.807, 2.05) is 0 Å². The fourth-order valence-corrected chi connectivity index (χ4v) is 0.707. The highest BCUT2D eigenvalue weighted by Gasteiger charge is 2.05. The lowest BCUT2D eigenvalue weighted by Crippen LogP contribution is -2.14. The second kappa shape index (κ2) is 7.51. The van der Waals surface area contributed by atoms with Crippen LogP contribution in [0.5, 0.6) is 0 Å². The highest BCUT2D eigenvalue weighted by molar-refractivity contribution is 5.72. The van der Waals surface area contributed by atoms with Crippen LogP contribution in [0.25, 0.3) is 0 Å². The summed E-state index contributed by atoms with van der Waals surface area (Å²) >= 11 is 0. The van der Waals surface area contributed by atoms with Gasteiger partial charge in [0.15, 0.2) is 0 Å². The maximum atomic E-state index is 10.7. The minimum Gasteiger partial charge on any atom is -0.450 e. The first-order valence-electron chi connectivity index (χ1n) is 3.92. The molecule has 0 spiro atoms. The number of carbonyl (C=O) groups is 2. The topological polar surface area (TPSA) is 105 Å². The SMILES string of the molecule is NCOC(=O)CCCC(=O)OCN.